The van der Waals surface area contributed by atoms with Crippen LogP contribution in [0.2, 0.25) is 0 Å². The lowest BCUT2D eigenvalue weighted by molar-refractivity contribution is 0.999. The van der Waals surface area contributed by atoms with Gasteiger partial charge in [-0.15, -0.1) is 11.3 Å². The number of anilines is 2. The zero-order valence-electron chi connectivity index (χ0n) is 15.9. The van der Waals surface area contributed by atoms with Gasteiger partial charge in [-0.05, 0) is 55.2 Å². The van der Waals surface area contributed by atoms with E-state index in [0.717, 1.165) is 40.4 Å². The Kier molecular flexibility index (Phi) is 4.90. The molecule has 4 aromatic rings. The first-order valence-electron chi connectivity index (χ1n) is 9.30. The zero-order valence-corrected chi connectivity index (χ0v) is 16.7. The van der Waals surface area contributed by atoms with E-state index in [1.54, 1.807) is 11.3 Å². The van der Waals surface area contributed by atoms with Gasteiger partial charge >= 0.3 is 0 Å². The van der Waals surface area contributed by atoms with Gasteiger partial charge in [0, 0.05) is 17.0 Å². The molecule has 2 aromatic heterocycles. The SMILES string of the molecule is CCc1cc2c(Nc3ccc(C)c(C)c3)nc(Cc3ccccc3)nc2s1. The van der Waals surface area contributed by atoms with Gasteiger partial charge in [-0.2, -0.15) is 0 Å². The molecule has 2 heterocycles. The lowest BCUT2D eigenvalue weighted by Crippen LogP contribution is -2.02. The predicted octanol–water partition coefficient (Wildman–Crippen LogP) is 6.20. The van der Waals surface area contributed by atoms with Crippen molar-refractivity contribution in [3.63, 3.8) is 0 Å². The Bertz CT molecular complexity index is 1080. The van der Waals surface area contributed by atoms with Crippen LogP contribution in [0, 0.1) is 13.8 Å². The van der Waals surface area contributed by atoms with Crippen LogP contribution in [0.5, 0.6) is 0 Å². The quantitative estimate of drug-likeness (QED) is 0.452. The highest BCUT2D eigenvalue weighted by atomic mass is 32.1. The number of aromatic nitrogens is 2. The van der Waals surface area contributed by atoms with Crippen molar-refractivity contribution in [3.05, 3.63) is 82.0 Å². The first kappa shape index (κ1) is 17.7. The van der Waals surface area contributed by atoms with E-state index in [9.17, 15) is 0 Å². The Balaban J connectivity index is 1.76. The van der Waals surface area contributed by atoms with Gasteiger partial charge in [0.15, 0.2) is 0 Å². The second-order valence-electron chi connectivity index (χ2n) is 6.86. The summed E-state index contributed by atoms with van der Waals surface area (Å²) in [6, 6.07) is 19.0. The third-order valence-corrected chi connectivity index (χ3v) is 5.99. The molecule has 0 aliphatic rings. The molecule has 0 aliphatic carbocycles. The van der Waals surface area contributed by atoms with E-state index in [-0.39, 0.29) is 0 Å². The molecule has 0 spiro atoms. The zero-order chi connectivity index (χ0) is 18.8. The van der Waals surface area contributed by atoms with Crippen molar-refractivity contribution < 1.29 is 0 Å². The third kappa shape index (κ3) is 3.86. The van der Waals surface area contributed by atoms with Crippen LogP contribution in [0.15, 0.2) is 54.6 Å². The molecule has 27 heavy (non-hydrogen) atoms. The Labute approximate surface area is 164 Å². The number of hydrogen-bond acceptors (Lipinski definition) is 4. The predicted molar refractivity (Wildman–Crippen MR) is 115 cm³/mol. The molecule has 0 radical (unpaired) electrons. The van der Waals surface area contributed by atoms with Crippen molar-refractivity contribution in [1.82, 2.24) is 9.97 Å². The number of nitrogens with one attached hydrogen (secondary N) is 1. The van der Waals surface area contributed by atoms with Crippen LogP contribution in [0.3, 0.4) is 0 Å². The molecule has 0 aliphatic heterocycles. The van der Waals surface area contributed by atoms with E-state index in [0.29, 0.717) is 0 Å². The molecule has 4 heteroatoms. The maximum absolute atomic E-state index is 4.88. The molecule has 0 atom stereocenters. The number of nitrogens with zero attached hydrogens (tertiary/aromatic N) is 2. The Hall–Kier alpha value is -2.72. The second-order valence-corrected chi connectivity index (χ2v) is 7.98. The van der Waals surface area contributed by atoms with Gasteiger partial charge in [-0.3, -0.25) is 0 Å². The minimum Gasteiger partial charge on any atom is -0.340 e. The highest BCUT2D eigenvalue weighted by Crippen LogP contribution is 2.31. The summed E-state index contributed by atoms with van der Waals surface area (Å²) < 4.78 is 0. The van der Waals surface area contributed by atoms with Gasteiger partial charge in [0.2, 0.25) is 0 Å². The van der Waals surface area contributed by atoms with Crippen molar-refractivity contribution in [2.75, 3.05) is 5.32 Å². The van der Waals surface area contributed by atoms with Gasteiger partial charge in [-0.25, -0.2) is 9.97 Å². The van der Waals surface area contributed by atoms with Crippen molar-refractivity contribution >= 4 is 33.1 Å². The fraction of sp³-hybridized carbons (Fsp3) is 0.217. The van der Waals surface area contributed by atoms with Gasteiger partial charge in [0.05, 0.1) is 5.39 Å². The molecule has 136 valence electrons. The Morgan fingerprint density at radius 2 is 1.74 bits per heavy atom. The van der Waals surface area contributed by atoms with E-state index in [1.807, 2.05) is 6.07 Å². The maximum atomic E-state index is 4.88. The van der Waals surface area contributed by atoms with Crippen LogP contribution in [0.25, 0.3) is 10.2 Å². The number of fused-ring (bicyclic) bond motifs is 1. The summed E-state index contributed by atoms with van der Waals surface area (Å²) in [5.74, 6) is 1.75. The monoisotopic (exact) mass is 373 g/mol. The lowest BCUT2D eigenvalue weighted by atomic mass is 10.1. The molecule has 0 saturated heterocycles. The number of thiophene rings is 1. The molecule has 0 bridgehead atoms. The summed E-state index contributed by atoms with van der Waals surface area (Å²) in [5.41, 5.74) is 4.85. The number of benzene rings is 2. The second kappa shape index (κ2) is 7.49. The van der Waals surface area contributed by atoms with Gasteiger partial charge in [-0.1, -0.05) is 43.3 Å². The fourth-order valence-electron chi connectivity index (χ4n) is 3.10. The van der Waals surface area contributed by atoms with Crippen LogP contribution < -0.4 is 5.32 Å². The fourth-order valence-corrected chi connectivity index (χ4v) is 4.08. The van der Waals surface area contributed by atoms with Crippen molar-refractivity contribution in [1.29, 1.82) is 0 Å². The molecule has 4 rings (SSSR count). The minimum absolute atomic E-state index is 0.734. The molecule has 0 fully saturated rings. The van der Waals surface area contributed by atoms with E-state index in [2.05, 4.69) is 74.6 Å². The van der Waals surface area contributed by atoms with Crippen LogP contribution in [-0.2, 0) is 12.8 Å². The lowest BCUT2D eigenvalue weighted by Gasteiger charge is -2.11. The molecule has 2 aromatic carbocycles. The van der Waals surface area contributed by atoms with Crippen molar-refractivity contribution in [2.24, 2.45) is 0 Å². The van der Waals surface area contributed by atoms with Gasteiger partial charge < -0.3 is 5.32 Å². The molecule has 0 amide bonds. The summed E-state index contributed by atoms with van der Waals surface area (Å²) in [5, 5.41) is 4.64. The van der Waals surface area contributed by atoms with Crippen LogP contribution in [0.1, 0.15) is 34.3 Å². The summed E-state index contributed by atoms with van der Waals surface area (Å²) >= 11 is 1.76. The van der Waals surface area contributed by atoms with Crippen LogP contribution in [-0.4, -0.2) is 9.97 Å². The average molecular weight is 374 g/mol. The van der Waals surface area contributed by atoms with E-state index >= 15 is 0 Å². The molecular formula is C23H23N3S. The summed E-state index contributed by atoms with van der Waals surface area (Å²) in [6.07, 6.45) is 1.75. The van der Waals surface area contributed by atoms with E-state index in [1.165, 1.54) is 21.6 Å². The summed E-state index contributed by atoms with van der Waals surface area (Å²) in [4.78, 5) is 12.1. The standard InChI is InChI=1S/C23H23N3S/c1-4-19-14-20-22(24-18-11-10-15(2)16(3)12-18)25-21(26-23(20)27-19)13-17-8-6-5-7-9-17/h5-12,14H,4,13H2,1-3H3,(H,24,25,26). The smallest absolute Gasteiger partial charge is 0.142 e. The molecule has 3 nitrogen and oxygen atoms in total. The topological polar surface area (TPSA) is 37.8 Å². The number of hydrogen-bond donors (Lipinski definition) is 1. The average Bonchev–Trinajstić information content (AvgIpc) is 3.09. The van der Waals surface area contributed by atoms with Gasteiger partial charge in [0.25, 0.3) is 0 Å². The minimum atomic E-state index is 0.734. The maximum Gasteiger partial charge on any atom is 0.142 e. The van der Waals surface area contributed by atoms with Gasteiger partial charge in [0.1, 0.15) is 16.5 Å². The van der Waals surface area contributed by atoms with Crippen LogP contribution >= 0.6 is 11.3 Å². The first-order chi connectivity index (χ1) is 13.1. The third-order valence-electron chi connectivity index (χ3n) is 4.81. The number of rotatable bonds is 5. The molecule has 0 unspecified atom stereocenters. The van der Waals surface area contributed by atoms with E-state index in [4.69, 9.17) is 9.97 Å². The molecule has 1 N–H and O–H groups in total. The van der Waals surface area contributed by atoms with Crippen molar-refractivity contribution in [2.45, 2.75) is 33.6 Å². The Morgan fingerprint density at radius 1 is 0.926 bits per heavy atom. The van der Waals surface area contributed by atoms with Crippen LogP contribution in [0.4, 0.5) is 11.5 Å². The highest BCUT2D eigenvalue weighted by molar-refractivity contribution is 7.18. The van der Waals surface area contributed by atoms with Crippen molar-refractivity contribution in [3.8, 4) is 0 Å². The Morgan fingerprint density at radius 3 is 2.48 bits per heavy atom. The number of aryl methyl sites for hydroxylation is 3. The molecular weight excluding hydrogens is 350 g/mol. The largest absolute Gasteiger partial charge is 0.340 e. The highest BCUT2D eigenvalue weighted by Gasteiger charge is 2.12. The normalized spacial score (nSPS) is 11.1. The molecule has 0 saturated carbocycles. The summed E-state index contributed by atoms with van der Waals surface area (Å²) in [6.45, 7) is 6.45. The summed E-state index contributed by atoms with van der Waals surface area (Å²) in [7, 11) is 0. The first-order valence-corrected chi connectivity index (χ1v) is 10.1. The van der Waals surface area contributed by atoms with E-state index < -0.39 is 0 Å².